The molecule has 0 amide bonds. The van der Waals surface area contributed by atoms with E-state index in [-0.39, 0.29) is 5.82 Å². The molecule has 0 radical (unpaired) electrons. The highest BCUT2D eigenvalue weighted by atomic mass is 19.1. The Hall–Kier alpha value is -2.23. The molecule has 0 fully saturated rings. The van der Waals surface area contributed by atoms with Gasteiger partial charge in [0.1, 0.15) is 18.0 Å². The minimum Gasteiger partial charge on any atom is -0.386 e. The Morgan fingerprint density at radius 1 is 1.00 bits per heavy atom. The number of aliphatic hydroxyl groups is 2. The summed E-state index contributed by atoms with van der Waals surface area (Å²) in [6, 6.07) is 10.5. The maximum atomic E-state index is 13.5. The average Bonchev–Trinajstić information content (AvgIpc) is 2.50. The molecule has 3 heteroatoms. The van der Waals surface area contributed by atoms with Crippen molar-refractivity contribution >= 4 is 27.6 Å². The Balaban J connectivity index is 2.14. The van der Waals surface area contributed by atoms with Crippen LogP contribution in [0.5, 0.6) is 0 Å². The van der Waals surface area contributed by atoms with Gasteiger partial charge in [0, 0.05) is 0 Å². The monoisotopic (exact) mass is 294 g/mol. The standard InChI is InChI=1S/C19H15FO2/c1-10-14-5-3-13(20)9-12(14)8-11-2-4-16-15(18(10)11)6-7-17(21)19(16)22/h2-9,17,19,21-22H,1H3/t17-,19-/m0/s1. The highest BCUT2D eigenvalue weighted by molar-refractivity contribution is 6.06. The number of hydrogen-bond acceptors (Lipinski definition) is 2. The van der Waals surface area contributed by atoms with Crippen LogP contribution in [0.3, 0.4) is 0 Å². The topological polar surface area (TPSA) is 40.5 Å². The molecule has 0 saturated carbocycles. The third kappa shape index (κ3) is 1.79. The van der Waals surface area contributed by atoms with Crippen LogP contribution < -0.4 is 0 Å². The van der Waals surface area contributed by atoms with Gasteiger partial charge in [0.15, 0.2) is 0 Å². The second-order valence-corrected chi connectivity index (χ2v) is 5.83. The van der Waals surface area contributed by atoms with Crippen molar-refractivity contribution in [1.29, 1.82) is 0 Å². The normalized spacial score (nSPS) is 20.5. The molecule has 0 bridgehead atoms. The summed E-state index contributed by atoms with van der Waals surface area (Å²) >= 11 is 0. The Bertz CT molecular complexity index is 943. The first-order chi connectivity index (χ1) is 10.6. The second-order valence-electron chi connectivity index (χ2n) is 5.83. The van der Waals surface area contributed by atoms with E-state index in [1.807, 2.05) is 31.2 Å². The van der Waals surface area contributed by atoms with E-state index in [0.29, 0.717) is 0 Å². The molecule has 0 saturated heterocycles. The lowest BCUT2D eigenvalue weighted by Gasteiger charge is -2.24. The van der Waals surface area contributed by atoms with Gasteiger partial charge in [0.2, 0.25) is 0 Å². The SMILES string of the molecule is Cc1c2ccc(F)cc2cc2ccc3c(c12)C=C[C@H](O)[C@H]3O. The summed E-state index contributed by atoms with van der Waals surface area (Å²) < 4.78 is 13.5. The molecule has 0 spiro atoms. The lowest BCUT2D eigenvalue weighted by atomic mass is 9.86. The first-order valence-corrected chi connectivity index (χ1v) is 7.26. The smallest absolute Gasteiger partial charge is 0.123 e. The Morgan fingerprint density at radius 3 is 2.64 bits per heavy atom. The summed E-state index contributed by atoms with van der Waals surface area (Å²) in [4.78, 5) is 0. The summed E-state index contributed by atoms with van der Waals surface area (Å²) in [6.07, 6.45) is 1.69. The number of hydrogen-bond donors (Lipinski definition) is 2. The van der Waals surface area contributed by atoms with E-state index in [0.717, 1.165) is 38.2 Å². The molecule has 0 unspecified atom stereocenters. The third-order valence-electron chi connectivity index (χ3n) is 4.52. The zero-order valence-electron chi connectivity index (χ0n) is 12.0. The predicted octanol–water partition coefficient (Wildman–Crippen LogP) is 3.86. The van der Waals surface area contributed by atoms with Gasteiger partial charge in [-0.1, -0.05) is 30.4 Å². The van der Waals surface area contributed by atoms with E-state index in [1.54, 1.807) is 12.1 Å². The van der Waals surface area contributed by atoms with Crippen molar-refractivity contribution in [1.82, 2.24) is 0 Å². The van der Waals surface area contributed by atoms with Crippen molar-refractivity contribution < 1.29 is 14.6 Å². The number of halogens is 1. The van der Waals surface area contributed by atoms with Crippen LogP contribution in [0.1, 0.15) is 22.8 Å². The summed E-state index contributed by atoms with van der Waals surface area (Å²) in [5, 5.41) is 23.9. The van der Waals surface area contributed by atoms with Crippen molar-refractivity contribution in [2.75, 3.05) is 0 Å². The highest BCUT2D eigenvalue weighted by Gasteiger charge is 2.24. The number of fused-ring (bicyclic) bond motifs is 4. The maximum Gasteiger partial charge on any atom is 0.123 e. The van der Waals surface area contributed by atoms with Gasteiger partial charge in [-0.25, -0.2) is 4.39 Å². The minimum absolute atomic E-state index is 0.248. The summed E-state index contributed by atoms with van der Waals surface area (Å²) in [6.45, 7) is 2.01. The molecule has 0 aliphatic heterocycles. The molecule has 0 aromatic heterocycles. The minimum atomic E-state index is -0.910. The Kier molecular flexibility index (Phi) is 2.83. The number of aryl methyl sites for hydroxylation is 1. The fourth-order valence-corrected chi connectivity index (χ4v) is 3.41. The molecule has 2 nitrogen and oxygen atoms in total. The van der Waals surface area contributed by atoms with Crippen LogP contribution in [0.15, 0.2) is 42.5 Å². The van der Waals surface area contributed by atoms with Crippen LogP contribution in [0, 0.1) is 12.7 Å². The largest absolute Gasteiger partial charge is 0.386 e. The third-order valence-corrected chi connectivity index (χ3v) is 4.52. The molecule has 3 aromatic rings. The van der Waals surface area contributed by atoms with E-state index in [1.165, 1.54) is 12.1 Å². The highest BCUT2D eigenvalue weighted by Crippen LogP contribution is 2.37. The Labute approximate surface area is 127 Å². The molecule has 110 valence electrons. The van der Waals surface area contributed by atoms with Gasteiger partial charge < -0.3 is 10.2 Å². The quantitative estimate of drug-likeness (QED) is 0.618. The van der Waals surface area contributed by atoms with Gasteiger partial charge >= 0.3 is 0 Å². The van der Waals surface area contributed by atoms with Crippen LogP contribution >= 0.6 is 0 Å². The van der Waals surface area contributed by atoms with Gasteiger partial charge in [-0.15, -0.1) is 0 Å². The molecule has 3 aromatic carbocycles. The molecule has 1 aliphatic carbocycles. The van der Waals surface area contributed by atoms with Crippen molar-refractivity contribution in [3.63, 3.8) is 0 Å². The molecule has 2 N–H and O–H groups in total. The average molecular weight is 294 g/mol. The first kappa shape index (κ1) is 13.4. The van der Waals surface area contributed by atoms with Crippen molar-refractivity contribution in [2.24, 2.45) is 0 Å². The fraction of sp³-hybridized carbons (Fsp3) is 0.158. The predicted molar refractivity (Wildman–Crippen MR) is 86.1 cm³/mol. The molecule has 2 atom stereocenters. The molecular weight excluding hydrogens is 279 g/mol. The van der Waals surface area contributed by atoms with Gasteiger partial charge in [-0.2, -0.15) is 0 Å². The number of aliphatic hydroxyl groups excluding tert-OH is 2. The van der Waals surface area contributed by atoms with Gasteiger partial charge in [-0.05, 0) is 63.4 Å². The van der Waals surface area contributed by atoms with Crippen molar-refractivity contribution in [3.05, 3.63) is 65.0 Å². The van der Waals surface area contributed by atoms with E-state index in [9.17, 15) is 14.6 Å². The Morgan fingerprint density at radius 2 is 1.82 bits per heavy atom. The summed E-state index contributed by atoms with van der Waals surface area (Å²) in [7, 11) is 0. The number of benzene rings is 3. The van der Waals surface area contributed by atoms with Crippen LogP contribution in [0.25, 0.3) is 27.6 Å². The zero-order chi connectivity index (χ0) is 15.4. The van der Waals surface area contributed by atoms with E-state index in [2.05, 4.69) is 0 Å². The van der Waals surface area contributed by atoms with E-state index < -0.39 is 12.2 Å². The van der Waals surface area contributed by atoms with Crippen LogP contribution in [0.4, 0.5) is 4.39 Å². The van der Waals surface area contributed by atoms with Gasteiger partial charge in [0.25, 0.3) is 0 Å². The first-order valence-electron chi connectivity index (χ1n) is 7.26. The summed E-state index contributed by atoms with van der Waals surface area (Å²) in [5.74, 6) is -0.248. The summed E-state index contributed by atoms with van der Waals surface area (Å²) in [5.41, 5.74) is 2.71. The molecule has 22 heavy (non-hydrogen) atoms. The van der Waals surface area contributed by atoms with Crippen LogP contribution in [0.2, 0.25) is 0 Å². The van der Waals surface area contributed by atoms with E-state index in [4.69, 9.17) is 0 Å². The molecular formula is C19H15FO2. The molecule has 0 heterocycles. The molecule has 1 aliphatic rings. The fourth-order valence-electron chi connectivity index (χ4n) is 3.41. The van der Waals surface area contributed by atoms with Crippen LogP contribution in [-0.4, -0.2) is 16.3 Å². The number of rotatable bonds is 0. The lowest BCUT2D eigenvalue weighted by molar-refractivity contribution is 0.0471. The molecule has 4 rings (SSSR count). The van der Waals surface area contributed by atoms with Gasteiger partial charge in [-0.3, -0.25) is 0 Å². The second kappa shape index (κ2) is 4.63. The maximum absolute atomic E-state index is 13.5. The zero-order valence-corrected chi connectivity index (χ0v) is 12.0. The van der Waals surface area contributed by atoms with Gasteiger partial charge in [0.05, 0.1) is 0 Å². The van der Waals surface area contributed by atoms with Crippen LogP contribution in [-0.2, 0) is 0 Å². The lowest BCUT2D eigenvalue weighted by Crippen LogP contribution is -2.19. The van der Waals surface area contributed by atoms with Crippen molar-refractivity contribution in [3.8, 4) is 0 Å². The van der Waals surface area contributed by atoms with Crippen molar-refractivity contribution in [2.45, 2.75) is 19.1 Å². The van der Waals surface area contributed by atoms with E-state index >= 15 is 0 Å².